The number of hydrogen-bond donors (Lipinski definition) is 1. The summed E-state index contributed by atoms with van der Waals surface area (Å²) >= 11 is 1.65. The highest BCUT2D eigenvalue weighted by Crippen LogP contribution is 2.34. The molecule has 0 saturated heterocycles. The van der Waals surface area contributed by atoms with Crippen molar-refractivity contribution in [3.63, 3.8) is 0 Å². The summed E-state index contributed by atoms with van der Waals surface area (Å²) in [4.78, 5) is 20.6. The summed E-state index contributed by atoms with van der Waals surface area (Å²) < 4.78 is 6.44. The number of carbonyl (C=O) groups is 1. The zero-order valence-electron chi connectivity index (χ0n) is 14.8. The first kappa shape index (κ1) is 16.7. The Hall–Kier alpha value is -2.73. The summed E-state index contributed by atoms with van der Waals surface area (Å²) in [5.41, 5.74) is 10.1. The van der Waals surface area contributed by atoms with Crippen LogP contribution in [-0.4, -0.2) is 15.8 Å². The van der Waals surface area contributed by atoms with E-state index in [1.807, 2.05) is 31.2 Å². The molecule has 2 N–H and O–H groups in total. The third-order valence-corrected chi connectivity index (χ3v) is 6.14. The molecule has 4 aromatic rings. The number of nitrogens with zero attached hydrogens (tertiary/aromatic N) is 2. The highest BCUT2D eigenvalue weighted by molar-refractivity contribution is 7.18. The molecule has 0 aliphatic carbocycles. The van der Waals surface area contributed by atoms with Gasteiger partial charge in [0.25, 0.3) is 6.01 Å². The van der Waals surface area contributed by atoms with E-state index in [1.54, 1.807) is 18.3 Å². The Kier molecular flexibility index (Phi) is 4.00. The minimum absolute atomic E-state index is 0.0323. The van der Waals surface area contributed by atoms with E-state index < -0.39 is 0 Å². The van der Waals surface area contributed by atoms with Gasteiger partial charge in [-0.05, 0) is 42.3 Å². The van der Waals surface area contributed by atoms with Gasteiger partial charge in [-0.3, -0.25) is 4.79 Å². The molecule has 6 heteroatoms. The number of hydrogen-bond acceptors (Lipinski definition) is 6. The summed E-state index contributed by atoms with van der Waals surface area (Å²) in [5, 5.41) is 1.000. The van der Waals surface area contributed by atoms with Crippen LogP contribution in [0, 0.1) is 5.92 Å². The zero-order valence-corrected chi connectivity index (χ0v) is 15.6. The molecule has 0 radical (unpaired) electrons. The molecule has 2 atom stereocenters. The molecule has 2 aromatic heterocycles. The maximum atomic E-state index is 11.7. The number of rotatable bonds is 4. The van der Waals surface area contributed by atoms with E-state index in [2.05, 4.69) is 24.0 Å². The predicted molar refractivity (Wildman–Crippen MR) is 105 cm³/mol. The van der Waals surface area contributed by atoms with E-state index in [1.165, 1.54) is 0 Å². The molecule has 26 heavy (non-hydrogen) atoms. The summed E-state index contributed by atoms with van der Waals surface area (Å²) in [6.45, 7) is 5.66. The number of benzene rings is 2. The summed E-state index contributed by atoms with van der Waals surface area (Å²) in [6, 6.07) is 12.2. The quantitative estimate of drug-likeness (QED) is 0.549. The van der Waals surface area contributed by atoms with E-state index >= 15 is 0 Å². The standard InChI is InChI=1S/C20H19N3O2S/c1-10(12(3)24)11(2)19-22-15-6-4-14(9-18(15)26-19)13-5-7-17-16(8-13)23-20(21)25-17/h4-11H,1-3H3,(H2,21,23). The van der Waals surface area contributed by atoms with Gasteiger partial charge in [0.2, 0.25) is 0 Å². The fourth-order valence-corrected chi connectivity index (χ4v) is 4.17. The van der Waals surface area contributed by atoms with Gasteiger partial charge in [0, 0.05) is 11.8 Å². The number of nitrogen functional groups attached to an aromatic ring is 1. The van der Waals surface area contributed by atoms with E-state index in [4.69, 9.17) is 15.1 Å². The molecule has 5 nitrogen and oxygen atoms in total. The molecular weight excluding hydrogens is 346 g/mol. The van der Waals surface area contributed by atoms with Crippen LogP contribution in [0.1, 0.15) is 31.7 Å². The van der Waals surface area contributed by atoms with Crippen LogP contribution in [0.15, 0.2) is 40.8 Å². The molecule has 0 aliphatic rings. The molecule has 0 bridgehead atoms. The molecule has 0 aliphatic heterocycles. The third kappa shape index (κ3) is 2.86. The van der Waals surface area contributed by atoms with Crippen LogP contribution in [0.3, 0.4) is 0 Å². The average Bonchev–Trinajstić information content (AvgIpc) is 3.20. The minimum atomic E-state index is -0.0323. The van der Waals surface area contributed by atoms with Crippen LogP contribution in [-0.2, 0) is 4.79 Å². The van der Waals surface area contributed by atoms with E-state index in [9.17, 15) is 4.79 Å². The van der Waals surface area contributed by atoms with E-state index in [0.29, 0.717) is 5.58 Å². The number of thiazole rings is 1. The van der Waals surface area contributed by atoms with Crippen LogP contribution in [0.25, 0.3) is 32.4 Å². The Labute approximate surface area is 154 Å². The molecule has 2 heterocycles. The van der Waals surface area contributed by atoms with Gasteiger partial charge >= 0.3 is 0 Å². The summed E-state index contributed by atoms with van der Waals surface area (Å²) in [6.07, 6.45) is 0. The van der Waals surface area contributed by atoms with Crippen molar-refractivity contribution in [2.24, 2.45) is 5.92 Å². The van der Waals surface area contributed by atoms with Gasteiger partial charge in [-0.15, -0.1) is 11.3 Å². The second-order valence-electron chi connectivity index (χ2n) is 6.66. The topological polar surface area (TPSA) is 82.0 Å². The number of nitrogens with two attached hydrogens (primary N) is 1. The number of aromatic nitrogens is 2. The molecule has 0 fully saturated rings. The van der Waals surface area contributed by atoms with E-state index in [0.717, 1.165) is 31.9 Å². The van der Waals surface area contributed by atoms with Crippen molar-refractivity contribution in [3.05, 3.63) is 41.4 Å². The van der Waals surface area contributed by atoms with Crippen LogP contribution >= 0.6 is 11.3 Å². The molecule has 0 saturated carbocycles. The van der Waals surface area contributed by atoms with Gasteiger partial charge in [-0.2, -0.15) is 4.98 Å². The first-order valence-electron chi connectivity index (χ1n) is 8.50. The van der Waals surface area contributed by atoms with Gasteiger partial charge in [-0.25, -0.2) is 4.98 Å². The second-order valence-corrected chi connectivity index (χ2v) is 7.72. The fourth-order valence-electron chi connectivity index (χ4n) is 3.01. The van der Waals surface area contributed by atoms with Gasteiger partial charge in [0.05, 0.1) is 15.2 Å². The van der Waals surface area contributed by atoms with Crippen molar-refractivity contribution in [1.82, 2.24) is 9.97 Å². The zero-order chi connectivity index (χ0) is 18.4. The Balaban J connectivity index is 1.73. The lowest BCUT2D eigenvalue weighted by molar-refractivity contribution is -0.120. The normalized spacial score (nSPS) is 14.0. The summed E-state index contributed by atoms with van der Waals surface area (Å²) in [7, 11) is 0. The Morgan fingerprint density at radius 2 is 1.81 bits per heavy atom. The van der Waals surface area contributed by atoms with Gasteiger partial charge in [0.15, 0.2) is 5.58 Å². The highest BCUT2D eigenvalue weighted by Gasteiger charge is 2.21. The Bertz CT molecular complexity index is 1130. The lowest BCUT2D eigenvalue weighted by Crippen LogP contribution is -2.14. The smallest absolute Gasteiger partial charge is 0.292 e. The molecule has 0 spiro atoms. The first-order chi connectivity index (χ1) is 12.4. The molecular formula is C20H19N3O2S. The van der Waals surface area contributed by atoms with Crippen molar-refractivity contribution in [2.45, 2.75) is 26.7 Å². The van der Waals surface area contributed by atoms with Crippen LogP contribution in [0.4, 0.5) is 6.01 Å². The fraction of sp³-hybridized carbons (Fsp3) is 0.250. The van der Waals surface area contributed by atoms with Gasteiger partial charge in [-0.1, -0.05) is 26.0 Å². The van der Waals surface area contributed by atoms with Crippen molar-refractivity contribution in [3.8, 4) is 11.1 Å². The van der Waals surface area contributed by atoms with E-state index in [-0.39, 0.29) is 23.6 Å². The average molecular weight is 365 g/mol. The predicted octanol–water partition coefficient (Wildman–Crippen LogP) is 5.02. The number of anilines is 1. The molecule has 2 aromatic carbocycles. The molecule has 2 unspecified atom stereocenters. The third-order valence-electron chi connectivity index (χ3n) is 4.92. The number of Topliss-reactive ketones (excluding diaryl/α,β-unsaturated/α-hetero) is 1. The lowest BCUT2D eigenvalue weighted by atomic mass is 9.93. The molecule has 132 valence electrons. The van der Waals surface area contributed by atoms with Crippen molar-refractivity contribution in [1.29, 1.82) is 0 Å². The SMILES string of the molecule is CC(=O)C(C)C(C)c1nc2ccc(-c3ccc4oc(N)nc4c3)cc2s1. The van der Waals surface area contributed by atoms with Crippen LogP contribution in [0.2, 0.25) is 0 Å². The maximum Gasteiger partial charge on any atom is 0.292 e. The second kappa shape index (κ2) is 6.21. The lowest BCUT2D eigenvalue weighted by Gasteiger charge is -2.13. The summed E-state index contributed by atoms with van der Waals surface area (Å²) in [5.74, 6) is 0.274. The number of carbonyl (C=O) groups excluding carboxylic acids is 1. The highest BCUT2D eigenvalue weighted by atomic mass is 32.1. The van der Waals surface area contributed by atoms with Gasteiger partial charge in [0.1, 0.15) is 11.3 Å². The van der Waals surface area contributed by atoms with Crippen molar-refractivity contribution < 1.29 is 9.21 Å². The molecule has 4 rings (SSSR count). The maximum absolute atomic E-state index is 11.7. The number of fused-ring (bicyclic) bond motifs is 2. The van der Waals surface area contributed by atoms with Crippen molar-refractivity contribution >= 4 is 44.5 Å². The monoisotopic (exact) mass is 365 g/mol. The van der Waals surface area contributed by atoms with Crippen molar-refractivity contribution in [2.75, 3.05) is 5.73 Å². The number of ketones is 1. The van der Waals surface area contributed by atoms with Crippen LogP contribution < -0.4 is 5.73 Å². The number of oxazole rings is 1. The minimum Gasteiger partial charge on any atom is -0.424 e. The first-order valence-corrected chi connectivity index (χ1v) is 9.31. The Morgan fingerprint density at radius 1 is 1.08 bits per heavy atom. The Morgan fingerprint density at radius 3 is 2.58 bits per heavy atom. The van der Waals surface area contributed by atoms with Crippen LogP contribution in [0.5, 0.6) is 0 Å². The largest absolute Gasteiger partial charge is 0.424 e. The molecule has 0 amide bonds. The van der Waals surface area contributed by atoms with Gasteiger partial charge < -0.3 is 10.2 Å².